The number of benzene rings is 1. The van der Waals surface area contributed by atoms with Crippen LogP contribution in [0.2, 0.25) is 0 Å². The van der Waals surface area contributed by atoms with Crippen LogP contribution in [0.4, 0.5) is 0 Å². The fraction of sp³-hybridized carbons (Fsp3) is 0.389. The summed E-state index contributed by atoms with van der Waals surface area (Å²) in [5.74, 6) is -0.553. The molecule has 1 saturated heterocycles. The molecule has 1 N–H and O–H groups in total. The Hall–Kier alpha value is -2.63. The first-order valence-electron chi connectivity index (χ1n) is 8.02. The van der Waals surface area contributed by atoms with Crippen molar-refractivity contribution >= 4 is 23.9 Å². The number of likely N-dealkylation sites (tertiary alicyclic amines) is 1. The molecule has 6 heteroatoms. The lowest BCUT2D eigenvalue weighted by Gasteiger charge is -2.14. The average molecular weight is 330 g/mol. The van der Waals surface area contributed by atoms with E-state index in [1.165, 1.54) is 13.2 Å². The summed E-state index contributed by atoms with van der Waals surface area (Å²) >= 11 is 0. The van der Waals surface area contributed by atoms with Crippen molar-refractivity contribution in [1.29, 1.82) is 0 Å². The SMILES string of the molecule is COC(=O)c1ccc(/C=C/C(=O)NCCC(=O)N2CCCC2)cc1. The van der Waals surface area contributed by atoms with Crippen molar-refractivity contribution in [3.8, 4) is 0 Å². The fourth-order valence-electron chi connectivity index (χ4n) is 2.50. The maximum Gasteiger partial charge on any atom is 0.337 e. The van der Waals surface area contributed by atoms with Crippen LogP contribution in [0.1, 0.15) is 35.2 Å². The van der Waals surface area contributed by atoms with Gasteiger partial charge in [0.05, 0.1) is 12.7 Å². The second kappa shape index (κ2) is 8.86. The van der Waals surface area contributed by atoms with Gasteiger partial charge in [-0.3, -0.25) is 9.59 Å². The molecule has 0 saturated carbocycles. The molecule has 24 heavy (non-hydrogen) atoms. The van der Waals surface area contributed by atoms with Crippen LogP contribution >= 0.6 is 0 Å². The van der Waals surface area contributed by atoms with Crippen molar-refractivity contribution in [2.75, 3.05) is 26.7 Å². The van der Waals surface area contributed by atoms with Crippen LogP contribution in [0.3, 0.4) is 0 Å². The van der Waals surface area contributed by atoms with E-state index in [-0.39, 0.29) is 11.8 Å². The van der Waals surface area contributed by atoms with E-state index in [0.717, 1.165) is 31.5 Å². The van der Waals surface area contributed by atoms with E-state index in [9.17, 15) is 14.4 Å². The molecule has 1 aliphatic rings. The molecule has 1 aromatic rings. The number of nitrogens with zero attached hydrogens (tertiary/aromatic N) is 1. The third-order valence-corrected chi connectivity index (χ3v) is 3.86. The summed E-state index contributed by atoms with van der Waals surface area (Å²) < 4.78 is 4.62. The van der Waals surface area contributed by atoms with Gasteiger partial charge in [0.2, 0.25) is 11.8 Å². The topological polar surface area (TPSA) is 75.7 Å². The average Bonchev–Trinajstić information content (AvgIpc) is 3.14. The van der Waals surface area contributed by atoms with E-state index in [1.54, 1.807) is 30.3 Å². The Kier molecular flexibility index (Phi) is 6.54. The van der Waals surface area contributed by atoms with E-state index < -0.39 is 5.97 Å². The van der Waals surface area contributed by atoms with Crippen molar-refractivity contribution in [2.45, 2.75) is 19.3 Å². The summed E-state index contributed by atoms with van der Waals surface area (Å²) in [5.41, 5.74) is 1.26. The van der Waals surface area contributed by atoms with Gasteiger partial charge in [-0.1, -0.05) is 12.1 Å². The molecule has 6 nitrogen and oxygen atoms in total. The smallest absolute Gasteiger partial charge is 0.337 e. The maximum atomic E-state index is 11.8. The maximum absolute atomic E-state index is 11.8. The quantitative estimate of drug-likeness (QED) is 0.635. The summed E-state index contributed by atoms with van der Waals surface area (Å²) in [7, 11) is 1.33. The molecule has 0 spiro atoms. The van der Waals surface area contributed by atoms with Crippen LogP contribution in [0.15, 0.2) is 30.3 Å². The molecule has 0 atom stereocenters. The van der Waals surface area contributed by atoms with Gasteiger partial charge in [0.25, 0.3) is 0 Å². The van der Waals surface area contributed by atoms with Crippen LogP contribution in [-0.2, 0) is 14.3 Å². The highest BCUT2D eigenvalue weighted by Gasteiger charge is 2.17. The Morgan fingerprint density at radius 1 is 1.17 bits per heavy atom. The monoisotopic (exact) mass is 330 g/mol. The second-order valence-electron chi connectivity index (χ2n) is 5.58. The van der Waals surface area contributed by atoms with Crippen LogP contribution in [0.25, 0.3) is 6.08 Å². The lowest BCUT2D eigenvalue weighted by atomic mass is 10.1. The first kappa shape index (κ1) is 17.7. The van der Waals surface area contributed by atoms with Crippen molar-refractivity contribution in [3.63, 3.8) is 0 Å². The van der Waals surface area contributed by atoms with Gasteiger partial charge < -0.3 is 15.0 Å². The number of rotatable bonds is 6. The standard InChI is InChI=1S/C18H22N2O4/c1-24-18(23)15-7-4-14(5-8-15)6-9-16(21)19-11-10-17(22)20-12-2-3-13-20/h4-9H,2-3,10-13H2,1H3,(H,19,21)/b9-6+. The number of carbonyl (C=O) groups excluding carboxylic acids is 3. The third-order valence-electron chi connectivity index (χ3n) is 3.86. The Bertz CT molecular complexity index is 616. The summed E-state index contributed by atoms with van der Waals surface area (Å²) in [5, 5.41) is 2.70. The van der Waals surface area contributed by atoms with E-state index in [4.69, 9.17) is 0 Å². The highest BCUT2D eigenvalue weighted by Crippen LogP contribution is 2.09. The van der Waals surface area contributed by atoms with Gasteiger partial charge in [0.15, 0.2) is 0 Å². The minimum absolute atomic E-state index is 0.0928. The van der Waals surface area contributed by atoms with Gasteiger partial charge >= 0.3 is 5.97 Å². The van der Waals surface area contributed by atoms with Crippen LogP contribution < -0.4 is 5.32 Å². The van der Waals surface area contributed by atoms with Gasteiger partial charge in [-0.2, -0.15) is 0 Å². The lowest BCUT2D eigenvalue weighted by Crippen LogP contribution is -2.32. The zero-order valence-electron chi connectivity index (χ0n) is 13.8. The number of nitrogens with one attached hydrogen (secondary N) is 1. The molecule has 0 bridgehead atoms. The number of methoxy groups -OCH3 is 1. The number of hydrogen-bond donors (Lipinski definition) is 1. The van der Waals surface area contributed by atoms with E-state index >= 15 is 0 Å². The van der Waals surface area contributed by atoms with Gasteiger partial charge in [-0.05, 0) is 36.6 Å². The molecule has 0 aromatic heterocycles. The third kappa shape index (κ3) is 5.22. The minimum Gasteiger partial charge on any atom is -0.465 e. The second-order valence-corrected chi connectivity index (χ2v) is 5.58. The number of hydrogen-bond acceptors (Lipinski definition) is 4. The largest absolute Gasteiger partial charge is 0.465 e. The molecule has 1 heterocycles. The molecule has 1 aromatic carbocycles. The van der Waals surface area contributed by atoms with Crippen molar-refractivity contribution in [2.24, 2.45) is 0 Å². The molecular formula is C18H22N2O4. The molecule has 1 aliphatic heterocycles. The highest BCUT2D eigenvalue weighted by molar-refractivity contribution is 5.92. The van der Waals surface area contributed by atoms with Gasteiger partial charge in [0, 0.05) is 32.1 Å². The van der Waals surface area contributed by atoms with E-state index in [2.05, 4.69) is 10.1 Å². The van der Waals surface area contributed by atoms with Crippen LogP contribution in [0.5, 0.6) is 0 Å². The molecular weight excluding hydrogens is 308 g/mol. The molecule has 0 aliphatic carbocycles. The highest BCUT2D eigenvalue weighted by atomic mass is 16.5. The molecule has 2 amide bonds. The van der Waals surface area contributed by atoms with E-state index in [0.29, 0.717) is 18.5 Å². The van der Waals surface area contributed by atoms with Gasteiger partial charge in [-0.25, -0.2) is 4.79 Å². The van der Waals surface area contributed by atoms with Gasteiger partial charge in [-0.15, -0.1) is 0 Å². The summed E-state index contributed by atoms with van der Waals surface area (Å²) in [6.07, 6.45) is 5.52. The first-order chi connectivity index (χ1) is 11.6. The summed E-state index contributed by atoms with van der Waals surface area (Å²) in [4.78, 5) is 36.7. The molecule has 2 rings (SSSR count). The Morgan fingerprint density at radius 2 is 1.83 bits per heavy atom. The first-order valence-corrected chi connectivity index (χ1v) is 8.02. The summed E-state index contributed by atoms with van der Waals surface area (Å²) in [6.45, 7) is 1.99. The predicted octanol–water partition coefficient (Wildman–Crippen LogP) is 1.62. The number of esters is 1. The Labute approximate surface area is 141 Å². The zero-order valence-corrected chi connectivity index (χ0v) is 13.8. The Morgan fingerprint density at radius 3 is 2.46 bits per heavy atom. The number of amides is 2. The normalized spacial score (nSPS) is 14.0. The van der Waals surface area contributed by atoms with Crippen LogP contribution in [-0.4, -0.2) is 49.4 Å². The Balaban J connectivity index is 1.74. The van der Waals surface area contributed by atoms with Crippen molar-refractivity contribution in [1.82, 2.24) is 10.2 Å². The van der Waals surface area contributed by atoms with E-state index in [1.807, 2.05) is 4.90 Å². The molecule has 1 fully saturated rings. The van der Waals surface area contributed by atoms with Crippen LogP contribution in [0, 0.1) is 0 Å². The van der Waals surface area contributed by atoms with Gasteiger partial charge in [0.1, 0.15) is 0 Å². The predicted molar refractivity (Wildman–Crippen MR) is 90.3 cm³/mol. The number of ether oxygens (including phenoxy) is 1. The molecule has 0 unspecified atom stereocenters. The molecule has 128 valence electrons. The minimum atomic E-state index is -0.397. The number of carbonyl (C=O) groups is 3. The molecule has 0 radical (unpaired) electrons. The lowest BCUT2D eigenvalue weighted by molar-refractivity contribution is -0.130. The summed E-state index contributed by atoms with van der Waals surface area (Å²) in [6, 6.07) is 6.73. The fourth-order valence-corrected chi connectivity index (χ4v) is 2.50. The zero-order chi connectivity index (χ0) is 17.4. The van der Waals surface area contributed by atoms with Crippen molar-refractivity contribution < 1.29 is 19.1 Å². The van der Waals surface area contributed by atoms with Crippen molar-refractivity contribution in [3.05, 3.63) is 41.5 Å².